The highest BCUT2D eigenvalue weighted by atomic mass is 35.5. The topological polar surface area (TPSA) is 72.7 Å². The second-order valence-corrected chi connectivity index (χ2v) is 4.45. The first-order valence-electron chi connectivity index (χ1n) is 5.95. The highest BCUT2D eigenvalue weighted by molar-refractivity contribution is 6.30. The van der Waals surface area contributed by atoms with E-state index in [-0.39, 0.29) is 12.5 Å². The lowest BCUT2D eigenvalue weighted by molar-refractivity contribution is -0.122. The van der Waals surface area contributed by atoms with Crippen molar-refractivity contribution in [2.45, 2.75) is 26.4 Å². The molecule has 0 fully saturated rings. The first kappa shape index (κ1) is 13.5. The van der Waals surface area contributed by atoms with Crippen LogP contribution >= 0.6 is 11.6 Å². The Balaban J connectivity index is 1.86. The number of hydrogen-bond acceptors (Lipinski definition) is 4. The predicted molar refractivity (Wildman–Crippen MR) is 70.5 cm³/mol. The normalized spacial score (nSPS) is 10.4. The molecule has 0 atom stereocenters. The molecule has 0 aliphatic carbocycles. The molecule has 2 rings (SSSR count). The van der Waals surface area contributed by atoms with Crippen LogP contribution in [0.1, 0.15) is 18.3 Å². The third kappa shape index (κ3) is 3.75. The molecule has 0 aliphatic rings. The summed E-state index contributed by atoms with van der Waals surface area (Å²) >= 11 is 5.79. The largest absolute Gasteiger partial charge is 0.350 e. The van der Waals surface area contributed by atoms with E-state index < -0.39 is 0 Å². The van der Waals surface area contributed by atoms with Crippen LogP contribution in [-0.4, -0.2) is 26.1 Å². The second-order valence-electron chi connectivity index (χ2n) is 4.01. The molecule has 0 radical (unpaired) electrons. The summed E-state index contributed by atoms with van der Waals surface area (Å²) in [5.41, 5.74) is 0.991. The summed E-state index contributed by atoms with van der Waals surface area (Å²) in [7, 11) is 0. The predicted octanol–water partition coefficient (Wildman–Crippen LogP) is 1.21. The van der Waals surface area contributed by atoms with E-state index in [0.717, 1.165) is 5.56 Å². The number of aromatic nitrogens is 4. The first-order valence-corrected chi connectivity index (χ1v) is 6.33. The van der Waals surface area contributed by atoms with Crippen LogP contribution in [0.3, 0.4) is 0 Å². The molecule has 0 spiro atoms. The van der Waals surface area contributed by atoms with Gasteiger partial charge in [0.15, 0.2) is 5.82 Å². The van der Waals surface area contributed by atoms with E-state index in [1.165, 1.54) is 4.68 Å². The Bertz CT molecular complexity index is 552. The number of hydrogen-bond donors (Lipinski definition) is 1. The lowest BCUT2D eigenvalue weighted by Crippen LogP contribution is -2.28. The second kappa shape index (κ2) is 6.29. The zero-order valence-corrected chi connectivity index (χ0v) is 11.3. The van der Waals surface area contributed by atoms with Crippen molar-refractivity contribution >= 4 is 17.5 Å². The van der Waals surface area contributed by atoms with E-state index in [1.807, 2.05) is 19.1 Å². The molecule has 1 amide bonds. The van der Waals surface area contributed by atoms with Crippen LogP contribution in [0.5, 0.6) is 0 Å². The lowest BCUT2D eigenvalue weighted by atomic mass is 10.2. The smallest absolute Gasteiger partial charge is 0.242 e. The fourth-order valence-electron chi connectivity index (χ4n) is 1.59. The van der Waals surface area contributed by atoms with Crippen LogP contribution < -0.4 is 5.32 Å². The van der Waals surface area contributed by atoms with Crippen LogP contribution in [0.2, 0.25) is 5.02 Å². The van der Waals surface area contributed by atoms with E-state index in [9.17, 15) is 4.79 Å². The Morgan fingerprint density at radius 3 is 2.79 bits per heavy atom. The van der Waals surface area contributed by atoms with Gasteiger partial charge >= 0.3 is 0 Å². The van der Waals surface area contributed by atoms with Gasteiger partial charge in [-0.05, 0) is 28.1 Å². The van der Waals surface area contributed by atoms with E-state index in [2.05, 4.69) is 20.8 Å². The van der Waals surface area contributed by atoms with Crippen molar-refractivity contribution < 1.29 is 4.79 Å². The van der Waals surface area contributed by atoms with Crippen LogP contribution in [0, 0.1) is 0 Å². The Morgan fingerprint density at radius 1 is 1.37 bits per heavy atom. The van der Waals surface area contributed by atoms with Crippen LogP contribution in [0.4, 0.5) is 0 Å². The average Bonchev–Trinajstić information content (AvgIpc) is 2.85. The number of rotatable bonds is 5. The number of amides is 1. The van der Waals surface area contributed by atoms with Gasteiger partial charge in [-0.1, -0.05) is 30.7 Å². The summed E-state index contributed by atoms with van der Waals surface area (Å²) in [5, 5.41) is 14.6. The third-order valence-electron chi connectivity index (χ3n) is 2.62. The number of benzene rings is 1. The maximum absolute atomic E-state index is 11.8. The van der Waals surface area contributed by atoms with Gasteiger partial charge in [0.2, 0.25) is 5.91 Å². The molecule has 0 saturated carbocycles. The first-order chi connectivity index (χ1) is 9.19. The molecular formula is C12H14ClN5O. The Kier molecular flexibility index (Phi) is 4.46. The summed E-state index contributed by atoms with van der Waals surface area (Å²) in [6.45, 7) is 2.52. The quantitative estimate of drug-likeness (QED) is 0.893. The molecule has 2 aromatic rings. The summed E-state index contributed by atoms with van der Waals surface area (Å²) in [6, 6.07) is 7.33. The summed E-state index contributed by atoms with van der Waals surface area (Å²) in [4.78, 5) is 11.8. The van der Waals surface area contributed by atoms with Crippen LogP contribution in [0.25, 0.3) is 0 Å². The number of aryl methyl sites for hydroxylation is 1. The van der Waals surface area contributed by atoms with Gasteiger partial charge in [-0.3, -0.25) is 4.79 Å². The van der Waals surface area contributed by atoms with Gasteiger partial charge in [-0.15, -0.1) is 5.10 Å². The third-order valence-corrected chi connectivity index (χ3v) is 2.87. The SMILES string of the molecule is CCc1nnnn1CC(=O)NCc1ccc(Cl)cc1. The van der Waals surface area contributed by atoms with Gasteiger partial charge in [0.1, 0.15) is 6.54 Å². The Morgan fingerprint density at radius 2 is 2.11 bits per heavy atom. The van der Waals surface area contributed by atoms with Gasteiger partial charge in [0.05, 0.1) is 0 Å². The van der Waals surface area contributed by atoms with Gasteiger partial charge in [-0.2, -0.15) is 0 Å². The highest BCUT2D eigenvalue weighted by Gasteiger charge is 2.08. The minimum absolute atomic E-state index is 0.128. The standard InChI is InChI=1S/C12H14ClN5O/c1-2-11-15-16-17-18(11)8-12(19)14-7-9-3-5-10(13)6-4-9/h3-6H,2,7-8H2,1H3,(H,14,19). The monoisotopic (exact) mass is 279 g/mol. The fraction of sp³-hybridized carbons (Fsp3) is 0.333. The van der Waals surface area contributed by atoms with E-state index in [4.69, 9.17) is 11.6 Å². The number of nitrogens with one attached hydrogen (secondary N) is 1. The van der Waals surface area contributed by atoms with E-state index in [1.54, 1.807) is 12.1 Å². The molecule has 0 bridgehead atoms. The molecule has 7 heteroatoms. The molecule has 1 aromatic heterocycles. The van der Waals surface area contributed by atoms with E-state index >= 15 is 0 Å². The number of carbonyl (C=O) groups excluding carboxylic acids is 1. The Hall–Kier alpha value is -1.95. The van der Waals surface area contributed by atoms with Crippen molar-refractivity contribution in [1.82, 2.24) is 25.5 Å². The van der Waals surface area contributed by atoms with Crippen molar-refractivity contribution in [3.05, 3.63) is 40.7 Å². The van der Waals surface area contributed by atoms with Crippen LogP contribution in [0.15, 0.2) is 24.3 Å². The summed E-state index contributed by atoms with van der Waals surface area (Å²) < 4.78 is 1.50. The summed E-state index contributed by atoms with van der Waals surface area (Å²) in [5.74, 6) is 0.568. The highest BCUT2D eigenvalue weighted by Crippen LogP contribution is 2.09. The van der Waals surface area contributed by atoms with Gasteiger partial charge in [0.25, 0.3) is 0 Å². The average molecular weight is 280 g/mol. The van der Waals surface area contributed by atoms with Crippen molar-refractivity contribution in [2.24, 2.45) is 0 Å². The lowest BCUT2D eigenvalue weighted by Gasteiger charge is -2.06. The van der Waals surface area contributed by atoms with Crippen molar-refractivity contribution in [3.63, 3.8) is 0 Å². The Labute approximate surface area is 115 Å². The number of carbonyl (C=O) groups is 1. The zero-order valence-electron chi connectivity index (χ0n) is 10.5. The van der Waals surface area contributed by atoms with Crippen LogP contribution in [-0.2, 0) is 24.3 Å². The van der Waals surface area contributed by atoms with Gasteiger partial charge < -0.3 is 5.32 Å². The van der Waals surface area contributed by atoms with Gasteiger partial charge in [-0.25, -0.2) is 4.68 Å². The van der Waals surface area contributed by atoms with E-state index in [0.29, 0.717) is 23.8 Å². The van der Waals surface area contributed by atoms with Crippen molar-refractivity contribution in [3.8, 4) is 0 Å². The summed E-state index contributed by atoms with van der Waals surface area (Å²) in [6.07, 6.45) is 0.692. The molecule has 100 valence electrons. The van der Waals surface area contributed by atoms with Gasteiger partial charge in [0, 0.05) is 18.0 Å². The van der Waals surface area contributed by atoms with Crippen molar-refractivity contribution in [2.75, 3.05) is 0 Å². The molecule has 6 nitrogen and oxygen atoms in total. The maximum Gasteiger partial charge on any atom is 0.242 e. The zero-order chi connectivity index (χ0) is 13.7. The molecule has 1 heterocycles. The molecule has 1 aromatic carbocycles. The molecule has 0 aliphatic heterocycles. The molecule has 1 N–H and O–H groups in total. The minimum atomic E-state index is -0.128. The fourth-order valence-corrected chi connectivity index (χ4v) is 1.72. The minimum Gasteiger partial charge on any atom is -0.350 e. The van der Waals surface area contributed by atoms with Crippen molar-refractivity contribution in [1.29, 1.82) is 0 Å². The number of tetrazole rings is 1. The number of halogens is 1. The molecule has 0 saturated heterocycles. The number of nitrogens with zero attached hydrogens (tertiary/aromatic N) is 4. The molecule has 0 unspecified atom stereocenters. The molecule has 19 heavy (non-hydrogen) atoms. The maximum atomic E-state index is 11.8. The molecular weight excluding hydrogens is 266 g/mol.